The lowest BCUT2D eigenvalue weighted by Crippen LogP contribution is -2.34. The number of fused-ring (bicyclic) bond motifs is 1. The summed E-state index contributed by atoms with van der Waals surface area (Å²) in [7, 11) is 0. The maximum Gasteiger partial charge on any atom is 0.162 e. The van der Waals surface area contributed by atoms with E-state index in [0.29, 0.717) is 6.42 Å². The van der Waals surface area contributed by atoms with Crippen LogP contribution in [0.15, 0.2) is 65.9 Å². The minimum atomic E-state index is -0.0831. The summed E-state index contributed by atoms with van der Waals surface area (Å²) in [5.74, 6) is 1.14. The minimum Gasteiger partial charge on any atom is -0.343 e. The quantitative estimate of drug-likeness (QED) is 0.604. The van der Waals surface area contributed by atoms with E-state index in [1.807, 2.05) is 29.8 Å². The molecule has 2 aromatic carbocycles. The van der Waals surface area contributed by atoms with Crippen molar-refractivity contribution in [3.05, 3.63) is 88.3 Å². The smallest absolute Gasteiger partial charge is 0.162 e. The highest BCUT2D eigenvalue weighted by atomic mass is 16.1. The molecule has 2 heterocycles. The van der Waals surface area contributed by atoms with E-state index in [4.69, 9.17) is 5.10 Å². The van der Waals surface area contributed by atoms with Gasteiger partial charge in [0.25, 0.3) is 0 Å². The number of carbonyl (C=O) groups is 1. The number of rotatable bonds is 2. The van der Waals surface area contributed by atoms with Gasteiger partial charge < -0.3 is 5.32 Å². The molecule has 30 heavy (non-hydrogen) atoms. The first kappa shape index (κ1) is 18.9. The molecule has 4 nitrogen and oxygen atoms in total. The maximum absolute atomic E-state index is 13.3. The average Bonchev–Trinajstić information content (AvgIpc) is 3.03. The number of Topliss-reactive ketones (excluding diaryl/α,β-unsaturated/α-hetero) is 1. The van der Waals surface area contributed by atoms with Gasteiger partial charge in [0.15, 0.2) is 5.78 Å². The Morgan fingerprint density at radius 3 is 2.40 bits per heavy atom. The molecule has 1 N–H and O–H groups in total. The van der Waals surface area contributed by atoms with Crippen LogP contribution in [0.3, 0.4) is 0 Å². The van der Waals surface area contributed by atoms with Crippen molar-refractivity contribution in [3.63, 3.8) is 0 Å². The highest BCUT2D eigenvalue weighted by Gasteiger charge is 2.42. The van der Waals surface area contributed by atoms with Crippen LogP contribution in [-0.2, 0) is 4.79 Å². The van der Waals surface area contributed by atoms with Crippen molar-refractivity contribution >= 4 is 11.6 Å². The number of aryl methyl sites for hydroxylation is 2. The lowest BCUT2D eigenvalue weighted by Gasteiger charge is -2.38. The summed E-state index contributed by atoms with van der Waals surface area (Å²) in [6.45, 7) is 8.48. The van der Waals surface area contributed by atoms with Crippen molar-refractivity contribution in [1.29, 1.82) is 0 Å². The van der Waals surface area contributed by atoms with E-state index in [1.165, 1.54) is 5.56 Å². The molecule has 1 atom stereocenters. The Bertz CT molecular complexity index is 1170. The fraction of sp³-hybridized carbons (Fsp3) is 0.308. The molecule has 2 aliphatic rings. The first-order chi connectivity index (χ1) is 14.3. The normalized spacial score (nSPS) is 19.9. The number of carbonyl (C=O) groups excluding carboxylic acids is 1. The van der Waals surface area contributed by atoms with Crippen LogP contribution >= 0.6 is 0 Å². The minimum absolute atomic E-state index is 0.0502. The predicted octanol–water partition coefficient (Wildman–Crippen LogP) is 5.69. The zero-order valence-corrected chi connectivity index (χ0v) is 18.0. The molecule has 1 aliphatic heterocycles. The number of allylic oxidation sites excluding steroid dienone is 2. The number of nitrogens with zero attached hydrogens (tertiary/aromatic N) is 2. The number of aromatic nitrogens is 2. The predicted molar refractivity (Wildman–Crippen MR) is 120 cm³/mol. The molecule has 0 bridgehead atoms. The third kappa shape index (κ3) is 2.98. The van der Waals surface area contributed by atoms with Gasteiger partial charge in [0, 0.05) is 29.2 Å². The molecule has 4 heteroatoms. The molecular formula is C26H27N3O. The largest absolute Gasteiger partial charge is 0.343 e. The number of hydrogen-bond acceptors (Lipinski definition) is 3. The summed E-state index contributed by atoms with van der Waals surface area (Å²) >= 11 is 0. The van der Waals surface area contributed by atoms with Gasteiger partial charge in [0.1, 0.15) is 5.82 Å². The van der Waals surface area contributed by atoms with E-state index in [2.05, 4.69) is 62.5 Å². The number of ketones is 1. The van der Waals surface area contributed by atoms with Crippen LogP contribution in [-0.4, -0.2) is 15.6 Å². The molecule has 1 aliphatic carbocycles. The first-order valence-electron chi connectivity index (χ1n) is 10.6. The van der Waals surface area contributed by atoms with Gasteiger partial charge in [-0.25, -0.2) is 4.68 Å². The van der Waals surface area contributed by atoms with Crippen LogP contribution < -0.4 is 5.32 Å². The van der Waals surface area contributed by atoms with Gasteiger partial charge in [-0.1, -0.05) is 61.9 Å². The lowest BCUT2D eigenvalue weighted by molar-refractivity contribution is -0.118. The maximum atomic E-state index is 13.3. The molecular weight excluding hydrogens is 370 g/mol. The van der Waals surface area contributed by atoms with Gasteiger partial charge >= 0.3 is 0 Å². The van der Waals surface area contributed by atoms with Crippen molar-refractivity contribution in [1.82, 2.24) is 9.78 Å². The number of anilines is 1. The Labute approximate surface area is 177 Å². The monoisotopic (exact) mass is 397 g/mol. The summed E-state index contributed by atoms with van der Waals surface area (Å²) in [5, 5.41) is 8.55. The topological polar surface area (TPSA) is 46.9 Å². The third-order valence-electron chi connectivity index (χ3n) is 6.28. The van der Waals surface area contributed by atoms with Gasteiger partial charge in [0.05, 0.1) is 11.4 Å². The van der Waals surface area contributed by atoms with Gasteiger partial charge in [-0.2, -0.15) is 5.10 Å². The molecule has 0 fully saturated rings. The molecule has 0 radical (unpaired) electrons. The summed E-state index contributed by atoms with van der Waals surface area (Å²) in [5.41, 5.74) is 7.36. The average molecular weight is 398 g/mol. The Hall–Kier alpha value is -3.14. The molecule has 5 rings (SSSR count). The highest BCUT2D eigenvalue weighted by Crippen LogP contribution is 2.50. The molecule has 0 unspecified atom stereocenters. The zero-order chi connectivity index (χ0) is 21.0. The fourth-order valence-corrected chi connectivity index (χ4v) is 4.93. The first-order valence-corrected chi connectivity index (χ1v) is 10.6. The van der Waals surface area contributed by atoms with Crippen LogP contribution in [0.25, 0.3) is 5.69 Å². The highest BCUT2D eigenvalue weighted by molar-refractivity contribution is 6.01. The molecule has 0 saturated carbocycles. The Kier molecular flexibility index (Phi) is 4.21. The SMILES string of the molecule is Cc1ccc(-n2nc(C)c3c2NC2=C(C(=O)CC(C)(C)C2)[C@@H]3c2ccccc2)cc1. The van der Waals surface area contributed by atoms with Crippen molar-refractivity contribution in [3.8, 4) is 5.69 Å². The third-order valence-corrected chi connectivity index (χ3v) is 6.28. The second-order valence-electron chi connectivity index (χ2n) is 9.40. The Morgan fingerprint density at radius 1 is 1.00 bits per heavy atom. The van der Waals surface area contributed by atoms with E-state index in [9.17, 15) is 4.79 Å². The Balaban J connectivity index is 1.75. The van der Waals surface area contributed by atoms with Crippen LogP contribution in [0.1, 0.15) is 55.0 Å². The van der Waals surface area contributed by atoms with Gasteiger partial charge in [0.2, 0.25) is 0 Å². The molecule has 0 amide bonds. The van der Waals surface area contributed by atoms with E-state index in [-0.39, 0.29) is 17.1 Å². The summed E-state index contributed by atoms with van der Waals surface area (Å²) < 4.78 is 2.00. The molecule has 3 aromatic rings. The van der Waals surface area contributed by atoms with Crippen LogP contribution in [0.5, 0.6) is 0 Å². The summed E-state index contributed by atoms with van der Waals surface area (Å²) in [6.07, 6.45) is 1.44. The second kappa shape index (κ2) is 6.69. The van der Waals surface area contributed by atoms with Crippen molar-refractivity contribution in [2.24, 2.45) is 5.41 Å². The summed E-state index contributed by atoms with van der Waals surface area (Å²) in [6, 6.07) is 18.8. The van der Waals surface area contributed by atoms with E-state index in [0.717, 1.165) is 46.0 Å². The molecule has 0 spiro atoms. The number of nitrogens with one attached hydrogen (secondary N) is 1. The van der Waals surface area contributed by atoms with Crippen LogP contribution in [0.4, 0.5) is 5.82 Å². The van der Waals surface area contributed by atoms with Crippen LogP contribution in [0, 0.1) is 19.3 Å². The molecule has 1 aromatic heterocycles. The van der Waals surface area contributed by atoms with E-state index in [1.54, 1.807) is 0 Å². The molecule has 152 valence electrons. The van der Waals surface area contributed by atoms with Gasteiger partial charge in [-0.15, -0.1) is 0 Å². The van der Waals surface area contributed by atoms with Crippen LogP contribution in [0.2, 0.25) is 0 Å². The lowest BCUT2D eigenvalue weighted by atomic mass is 9.69. The van der Waals surface area contributed by atoms with Crippen molar-refractivity contribution in [2.45, 2.75) is 46.5 Å². The number of hydrogen-bond donors (Lipinski definition) is 1. The van der Waals surface area contributed by atoms with E-state index < -0.39 is 0 Å². The molecule has 0 saturated heterocycles. The zero-order valence-electron chi connectivity index (χ0n) is 18.0. The second-order valence-corrected chi connectivity index (χ2v) is 9.40. The van der Waals surface area contributed by atoms with Gasteiger partial charge in [-0.3, -0.25) is 4.79 Å². The van der Waals surface area contributed by atoms with Crippen molar-refractivity contribution < 1.29 is 4.79 Å². The number of benzene rings is 2. The standard InChI is InChI=1S/C26H27N3O/c1-16-10-12-19(13-11-16)29-25-22(17(2)28-29)23(18-8-6-5-7-9-18)24-20(27-25)14-26(3,4)15-21(24)30/h5-13,23,27H,14-15H2,1-4H3/t23-/m1/s1. The van der Waals surface area contributed by atoms with E-state index >= 15 is 0 Å². The van der Waals surface area contributed by atoms with Crippen molar-refractivity contribution in [2.75, 3.05) is 5.32 Å². The Morgan fingerprint density at radius 2 is 1.70 bits per heavy atom. The van der Waals surface area contributed by atoms with Gasteiger partial charge in [-0.05, 0) is 43.4 Å². The summed E-state index contributed by atoms with van der Waals surface area (Å²) in [4.78, 5) is 13.3. The fourth-order valence-electron chi connectivity index (χ4n) is 4.93.